The van der Waals surface area contributed by atoms with Gasteiger partial charge in [0.05, 0.1) is 19.1 Å². The lowest BCUT2D eigenvalue weighted by molar-refractivity contribution is 0.281. The molecule has 5 nitrogen and oxygen atoms in total. The molecule has 3 aromatic carbocycles. The molecular weight excluding hydrogens is 344 g/mol. The van der Waals surface area contributed by atoms with Gasteiger partial charge in [0.15, 0.2) is 0 Å². The average molecular weight is 362 g/mol. The van der Waals surface area contributed by atoms with Crippen molar-refractivity contribution in [1.29, 1.82) is 0 Å². The number of rotatable bonds is 5. The molecule has 0 radical (unpaired) electrons. The van der Waals surface area contributed by atoms with E-state index < -0.39 is 5.63 Å². The fraction of sp³-hybridized carbons (Fsp3) is 0.136. The van der Waals surface area contributed by atoms with Crippen molar-refractivity contribution in [3.8, 4) is 11.5 Å². The molecule has 1 N–H and O–H groups in total. The second-order valence-electron chi connectivity index (χ2n) is 6.22. The topological polar surface area (TPSA) is 68.9 Å². The van der Waals surface area contributed by atoms with Crippen molar-refractivity contribution in [2.75, 3.05) is 7.11 Å². The van der Waals surface area contributed by atoms with Crippen LogP contribution >= 0.6 is 0 Å². The minimum Gasteiger partial charge on any atom is -0.497 e. The maximum absolute atomic E-state index is 12.3. The Bertz CT molecular complexity index is 1160. The largest absolute Gasteiger partial charge is 0.497 e. The maximum atomic E-state index is 12.3. The molecule has 1 aromatic heterocycles. The fourth-order valence-corrected chi connectivity index (χ4v) is 3.02. The minimum atomic E-state index is -0.409. The van der Waals surface area contributed by atoms with Crippen molar-refractivity contribution in [3.05, 3.63) is 82.2 Å². The van der Waals surface area contributed by atoms with E-state index in [2.05, 4.69) is 0 Å². The Hall–Kier alpha value is -3.31. The molecule has 0 unspecified atom stereocenters. The summed E-state index contributed by atoms with van der Waals surface area (Å²) in [5, 5.41) is 11.2. The highest BCUT2D eigenvalue weighted by molar-refractivity contribution is 6.04. The second kappa shape index (κ2) is 7.13. The molecule has 4 rings (SSSR count). The molecule has 136 valence electrons. The first-order valence-corrected chi connectivity index (χ1v) is 8.54. The van der Waals surface area contributed by atoms with Crippen LogP contribution in [0.1, 0.15) is 11.1 Å². The summed E-state index contributed by atoms with van der Waals surface area (Å²) >= 11 is 0. The van der Waals surface area contributed by atoms with Crippen LogP contribution in [0.5, 0.6) is 11.5 Å². The highest BCUT2D eigenvalue weighted by Gasteiger charge is 2.10. The summed E-state index contributed by atoms with van der Waals surface area (Å²) in [5.74, 6) is 1.23. The monoisotopic (exact) mass is 362 g/mol. The number of hydrogen-bond donors (Lipinski definition) is 1. The molecule has 1 heterocycles. The lowest BCUT2D eigenvalue weighted by Gasteiger charge is -2.09. The molecule has 27 heavy (non-hydrogen) atoms. The van der Waals surface area contributed by atoms with Crippen LogP contribution in [0.15, 0.2) is 69.9 Å². The van der Waals surface area contributed by atoms with Crippen molar-refractivity contribution >= 4 is 21.7 Å². The highest BCUT2D eigenvalue weighted by Crippen LogP contribution is 2.28. The van der Waals surface area contributed by atoms with E-state index in [9.17, 15) is 4.79 Å². The van der Waals surface area contributed by atoms with Gasteiger partial charge in [0, 0.05) is 16.8 Å². The molecule has 0 aliphatic rings. The normalized spacial score (nSPS) is 11.0. The predicted octanol–water partition coefficient (Wildman–Crippen LogP) is 4.03. The predicted molar refractivity (Wildman–Crippen MR) is 103 cm³/mol. The van der Waals surface area contributed by atoms with E-state index in [-0.39, 0.29) is 6.61 Å². The van der Waals surface area contributed by atoms with Gasteiger partial charge in [0.1, 0.15) is 23.7 Å². The van der Waals surface area contributed by atoms with Gasteiger partial charge in [-0.1, -0.05) is 24.3 Å². The minimum absolute atomic E-state index is 0.0185. The van der Waals surface area contributed by atoms with Crippen molar-refractivity contribution in [2.45, 2.75) is 13.2 Å². The molecule has 0 aliphatic carbocycles. The van der Waals surface area contributed by atoms with E-state index in [4.69, 9.17) is 19.0 Å². The Balaban J connectivity index is 1.65. The van der Waals surface area contributed by atoms with Crippen LogP contribution in [0.4, 0.5) is 0 Å². The summed E-state index contributed by atoms with van der Waals surface area (Å²) in [6.07, 6.45) is 0. The van der Waals surface area contributed by atoms with Gasteiger partial charge in [0.25, 0.3) is 0 Å². The van der Waals surface area contributed by atoms with Crippen LogP contribution in [-0.2, 0) is 13.2 Å². The zero-order chi connectivity index (χ0) is 18.8. The van der Waals surface area contributed by atoms with Crippen LogP contribution in [0.3, 0.4) is 0 Å². The number of methoxy groups -OCH3 is 1. The Morgan fingerprint density at radius 3 is 2.30 bits per heavy atom. The Morgan fingerprint density at radius 2 is 1.56 bits per heavy atom. The lowest BCUT2D eigenvalue weighted by Crippen LogP contribution is -2.01. The second-order valence-corrected chi connectivity index (χ2v) is 6.22. The van der Waals surface area contributed by atoms with E-state index in [1.807, 2.05) is 48.5 Å². The van der Waals surface area contributed by atoms with Gasteiger partial charge >= 0.3 is 5.63 Å². The maximum Gasteiger partial charge on any atom is 0.344 e. The van der Waals surface area contributed by atoms with E-state index in [0.29, 0.717) is 29.1 Å². The first kappa shape index (κ1) is 17.1. The zero-order valence-corrected chi connectivity index (χ0v) is 14.8. The fourth-order valence-electron chi connectivity index (χ4n) is 3.02. The number of benzene rings is 3. The van der Waals surface area contributed by atoms with Crippen LogP contribution in [-0.4, -0.2) is 12.2 Å². The quantitative estimate of drug-likeness (QED) is 0.429. The summed E-state index contributed by atoms with van der Waals surface area (Å²) in [6, 6.07) is 18.4. The van der Waals surface area contributed by atoms with Crippen LogP contribution in [0.2, 0.25) is 0 Å². The van der Waals surface area contributed by atoms with Gasteiger partial charge in [-0.25, -0.2) is 4.79 Å². The number of hydrogen-bond acceptors (Lipinski definition) is 5. The number of fused-ring (bicyclic) bond motifs is 3. The van der Waals surface area contributed by atoms with E-state index in [1.165, 1.54) is 0 Å². The van der Waals surface area contributed by atoms with Crippen molar-refractivity contribution < 1.29 is 19.0 Å². The highest BCUT2D eigenvalue weighted by atomic mass is 16.5. The zero-order valence-electron chi connectivity index (χ0n) is 14.8. The van der Waals surface area contributed by atoms with Crippen molar-refractivity contribution in [3.63, 3.8) is 0 Å². The summed E-state index contributed by atoms with van der Waals surface area (Å²) in [4.78, 5) is 12.3. The van der Waals surface area contributed by atoms with Gasteiger partial charge in [0.2, 0.25) is 0 Å². The average Bonchev–Trinajstić information content (AvgIpc) is 2.72. The number of ether oxygens (including phenoxy) is 2. The van der Waals surface area contributed by atoms with Crippen molar-refractivity contribution in [1.82, 2.24) is 0 Å². The van der Waals surface area contributed by atoms with Gasteiger partial charge in [-0.2, -0.15) is 0 Å². The molecule has 0 atom stereocenters. The number of aliphatic hydroxyl groups is 1. The molecule has 0 bridgehead atoms. The SMILES string of the molecule is COc1ccc2c(c1)c(=O)oc1cc(OCc3ccc(CO)cc3)ccc12. The van der Waals surface area contributed by atoms with Crippen LogP contribution in [0.25, 0.3) is 21.7 Å². The molecule has 0 spiro atoms. The van der Waals surface area contributed by atoms with Crippen LogP contribution in [0, 0.1) is 0 Å². The van der Waals surface area contributed by atoms with E-state index in [0.717, 1.165) is 21.9 Å². The Labute approximate surface area is 155 Å². The van der Waals surface area contributed by atoms with Gasteiger partial charge in [-0.15, -0.1) is 0 Å². The van der Waals surface area contributed by atoms with Gasteiger partial charge in [-0.05, 0) is 41.5 Å². The molecule has 0 amide bonds. The summed E-state index contributed by atoms with van der Waals surface area (Å²) in [6.45, 7) is 0.400. The molecule has 5 heteroatoms. The van der Waals surface area contributed by atoms with E-state index in [1.54, 1.807) is 19.2 Å². The van der Waals surface area contributed by atoms with Gasteiger partial charge < -0.3 is 19.0 Å². The third-order valence-corrected chi connectivity index (χ3v) is 4.50. The summed E-state index contributed by atoms with van der Waals surface area (Å²) in [5.41, 5.74) is 1.91. The van der Waals surface area contributed by atoms with E-state index >= 15 is 0 Å². The first-order valence-electron chi connectivity index (χ1n) is 8.54. The van der Waals surface area contributed by atoms with Gasteiger partial charge in [-0.3, -0.25) is 0 Å². The lowest BCUT2D eigenvalue weighted by atomic mass is 10.1. The van der Waals surface area contributed by atoms with Crippen molar-refractivity contribution in [2.24, 2.45) is 0 Å². The summed E-state index contributed by atoms with van der Waals surface area (Å²) in [7, 11) is 1.56. The third kappa shape index (κ3) is 3.37. The Kier molecular flexibility index (Phi) is 4.52. The first-order chi connectivity index (χ1) is 13.2. The molecule has 0 aliphatic heterocycles. The summed E-state index contributed by atoms with van der Waals surface area (Å²) < 4.78 is 16.5. The number of aliphatic hydroxyl groups excluding tert-OH is 1. The smallest absolute Gasteiger partial charge is 0.344 e. The molecule has 4 aromatic rings. The molecule has 0 fully saturated rings. The Morgan fingerprint density at radius 1 is 0.852 bits per heavy atom. The van der Waals surface area contributed by atoms with Crippen LogP contribution < -0.4 is 15.1 Å². The standard InChI is InChI=1S/C22H18O5/c1-25-16-6-8-18-19-9-7-17(11-21(19)27-22(24)20(18)10-16)26-13-15-4-2-14(12-23)3-5-15/h2-11,23H,12-13H2,1H3. The molecule has 0 saturated heterocycles. The molecular formula is C22H18O5. The molecule has 0 saturated carbocycles. The third-order valence-electron chi connectivity index (χ3n) is 4.50.